The Bertz CT molecular complexity index is 85.8. The molecule has 0 aliphatic heterocycles. The summed E-state index contributed by atoms with van der Waals surface area (Å²) in [7, 11) is 0. The molecule has 1 aliphatic carbocycles. The second kappa shape index (κ2) is 5.29. The van der Waals surface area contributed by atoms with Crippen LogP contribution in [0.4, 0.5) is 0 Å². The van der Waals surface area contributed by atoms with Crippen molar-refractivity contribution >= 4 is 23.0 Å². The molecule has 0 aromatic carbocycles. The Morgan fingerprint density at radius 3 is 2.50 bits per heavy atom. The Morgan fingerprint density at radius 1 is 1.20 bits per heavy atom. The second-order valence-electron chi connectivity index (χ2n) is 2.60. The topological polar surface area (TPSA) is 30.5 Å². The highest BCUT2D eigenvalue weighted by molar-refractivity contribution is 14.1. The minimum absolute atomic E-state index is 0.503. The normalized spacial score (nSPS) is 21.3. The lowest BCUT2D eigenvalue weighted by atomic mass is 9.96. The molecule has 0 aromatic heterocycles. The Hall–Kier alpha value is 0.610. The van der Waals surface area contributed by atoms with Gasteiger partial charge in [-0.05, 0) is 12.8 Å². The third kappa shape index (κ3) is 3.14. The van der Waals surface area contributed by atoms with E-state index >= 15 is 0 Å². The third-order valence-corrected chi connectivity index (χ3v) is 2.03. The lowest BCUT2D eigenvalue weighted by Crippen LogP contribution is -2.30. The molecule has 60 valence electrons. The average molecular weight is 257 g/mol. The summed E-state index contributed by atoms with van der Waals surface area (Å²) in [6.45, 7) is 0. The molecule has 0 aromatic rings. The van der Waals surface area contributed by atoms with Gasteiger partial charge in [0.2, 0.25) is 0 Å². The van der Waals surface area contributed by atoms with E-state index in [2.05, 4.69) is 13.7 Å². The Morgan fingerprint density at radius 2 is 1.90 bits per heavy atom. The molecule has 0 saturated heterocycles. The van der Waals surface area contributed by atoms with E-state index in [-0.39, 0.29) is 0 Å². The van der Waals surface area contributed by atoms with Crippen molar-refractivity contribution in [2.75, 3.05) is 0 Å². The van der Waals surface area contributed by atoms with Crippen molar-refractivity contribution in [2.24, 2.45) is 0 Å². The molecule has 0 bridgehead atoms. The second-order valence-corrected chi connectivity index (χ2v) is 2.96. The molecule has 1 fully saturated rings. The Labute approximate surface area is 75.0 Å². The van der Waals surface area contributed by atoms with Crippen LogP contribution in [0.5, 0.6) is 0 Å². The van der Waals surface area contributed by atoms with E-state index in [0.29, 0.717) is 6.04 Å². The number of hydroxylamine groups is 1. The summed E-state index contributed by atoms with van der Waals surface area (Å²) in [5.41, 5.74) is 2.84. The van der Waals surface area contributed by atoms with Gasteiger partial charge in [0.15, 0.2) is 23.0 Å². The number of rotatable bonds is 3. The van der Waals surface area contributed by atoms with Crippen molar-refractivity contribution in [3.63, 3.8) is 0 Å². The molecule has 10 heavy (non-hydrogen) atoms. The predicted octanol–water partition coefficient (Wildman–Crippen LogP) is 2.12. The first-order valence-corrected chi connectivity index (χ1v) is 4.51. The Kier molecular flexibility index (Phi) is 4.60. The van der Waals surface area contributed by atoms with Crippen LogP contribution in [0.2, 0.25) is 0 Å². The van der Waals surface area contributed by atoms with Gasteiger partial charge >= 0.3 is 0 Å². The van der Waals surface area contributed by atoms with Crippen LogP contribution < -0.4 is 5.48 Å². The lowest BCUT2D eigenvalue weighted by molar-refractivity contribution is -0.234. The molecule has 0 atom stereocenters. The highest BCUT2D eigenvalue weighted by atomic mass is 127. The van der Waals surface area contributed by atoms with Crippen molar-refractivity contribution in [3.8, 4) is 0 Å². The van der Waals surface area contributed by atoms with Crippen LogP contribution in [0.25, 0.3) is 0 Å². The smallest absolute Gasteiger partial charge is 0.157 e. The summed E-state index contributed by atoms with van der Waals surface area (Å²) in [6, 6.07) is 0.503. The van der Waals surface area contributed by atoms with Crippen LogP contribution in [0.15, 0.2) is 0 Å². The van der Waals surface area contributed by atoms with E-state index < -0.39 is 0 Å². The maximum Gasteiger partial charge on any atom is 0.157 e. The van der Waals surface area contributed by atoms with Gasteiger partial charge in [-0.1, -0.05) is 19.3 Å². The van der Waals surface area contributed by atoms with E-state index in [1.54, 1.807) is 23.0 Å². The molecule has 1 saturated carbocycles. The van der Waals surface area contributed by atoms with Crippen molar-refractivity contribution in [1.29, 1.82) is 0 Å². The van der Waals surface area contributed by atoms with Crippen LogP contribution in [-0.2, 0) is 8.21 Å². The molecule has 0 spiro atoms. The maximum absolute atomic E-state index is 4.61. The first-order chi connectivity index (χ1) is 4.93. The van der Waals surface area contributed by atoms with Crippen LogP contribution in [0.3, 0.4) is 0 Å². The minimum Gasteiger partial charge on any atom is -0.166 e. The van der Waals surface area contributed by atoms with Crippen molar-refractivity contribution in [2.45, 2.75) is 38.1 Å². The molecule has 1 N–H and O–H groups in total. The van der Waals surface area contributed by atoms with Gasteiger partial charge in [0, 0.05) is 6.04 Å². The van der Waals surface area contributed by atoms with E-state index in [1.165, 1.54) is 32.1 Å². The number of hydrogen-bond acceptors (Lipinski definition) is 3. The summed E-state index contributed by atoms with van der Waals surface area (Å²) in [4.78, 5) is 4.61. The van der Waals surface area contributed by atoms with Crippen molar-refractivity contribution < 1.29 is 8.21 Å². The Balaban J connectivity index is 2.02. The van der Waals surface area contributed by atoms with E-state index in [1.807, 2.05) is 0 Å². The summed E-state index contributed by atoms with van der Waals surface area (Å²) >= 11 is 1.70. The molecule has 1 aliphatic rings. The van der Waals surface area contributed by atoms with Gasteiger partial charge in [0.25, 0.3) is 0 Å². The van der Waals surface area contributed by atoms with Crippen LogP contribution >= 0.6 is 23.0 Å². The molecule has 3 nitrogen and oxygen atoms in total. The van der Waals surface area contributed by atoms with E-state index in [0.717, 1.165) is 0 Å². The molecular formula is C6H12INO2. The molecule has 1 rings (SSSR count). The highest BCUT2D eigenvalue weighted by Crippen LogP contribution is 2.17. The van der Waals surface area contributed by atoms with Gasteiger partial charge in [0.1, 0.15) is 0 Å². The van der Waals surface area contributed by atoms with Gasteiger partial charge in [-0.2, -0.15) is 5.48 Å². The molecule has 0 unspecified atom stereocenters. The highest BCUT2D eigenvalue weighted by Gasteiger charge is 2.12. The molecule has 0 amide bonds. The minimum atomic E-state index is 0.503. The van der Waals surface area contributed by atoms with E-state index in [4.69, 9.17) is 0 Å². The van der Waals surface area contributed by atoms with Gasteiger partial charge in [-0.15, -0.1) is 8.21 Å². The standard InChI is InChI=1S/C6H12INO2/c7-9-10-8-6-4-2-1-3-5-6/h6,8H,1-5H2. The van der Waals surface area contributed by atoms with Gasteiger partial charge in [-0.25, -0.2) is 0 Å². The van der Waals surface area contributed by atoms with E-state index in [9.17, 15) is 0 Å². The van der Waals surface area contributed by atoms with Gasteiger partial charge < -0.3 is 0 Å². The monoisotopic (exact) mass is 257 g/mol. The zero-order valence-corrected chi connectivity index (χ0v) is 7.96. The summed E-state index contributed by atoms with van der Waals surface area (Å²) < 4.78 is 4.40. The van der Waals surface area contributed by atoms with Crippen LogP contribution in [0, 0.1) is 0 Å². The van der Waals surface area contributed by atoms with Crippen molar-refractivity contribution in [3.05, 3.63) is 0 Å². The third-order valence-electron chi connectivity index (χ3n) is 1.85. The fourth-order valence-electron chi connectivity index (χ4n) is 1.31. The van der Waals surface area contributed by atoms with Gasteiger partial charge in [-0.3, -0.25) is 0 Å². The summed E-state index contributed by atoms with van der Waals surface area (Å²) in [6.07, 6.45) is 6.40. The predicted molar refractivity (Wildman–Crippen MR) is 46.2 cm³/mol. The zero-order chi connectivity index (χ0) is 7.23. The number of hydrogen-bond donors (Lipinski definition) is 1. The van der Waals surface area contributed by atoms with Crippen LogP contribution in [0.1, 0.15) is 32.1 Å². The quantitative estimate of drug-likeness (QED) is 0.477. The first-order valence-electron chi connectivity index (χ1n) is 3.63. The van der Waals surface area contributed by atoms with Crippen molar-refractivity contribution in [1.82, 2.24) is 5.48 Å². The summed E-state index contributed by atoms with van der Waals surface area (Å²) in [5.74, 6) is 0. The number of halogens is 1. The maximum atomic E-state index is 4.61. The SMILES string of the molecule is IOONC1CCCCC1. The fraction of sp³-hybridized carbons (Fsp3) is 1.00. The molecular weight excluding hydrogens is 245 g/mol. The molecule has 0 heterocycles. The summed E-state index contributed by atoms with van der Waals surface area (Å²) in [5, 5.41) is 0. The fourth-order valence-corrected chi connectivity index (χ4v) is 1.41. The van der Waals surface area contributed by atoms with Gasteiger partial charge in [0.05, 0.1) is 0 Å². The first kappa shape index (κ1) is 8.70. The largest absolute Gasteiger partial charge is 0.166 e. The number of nitrogens with one attached hydrogen (secondary N) is 1. The average Bonchev–Trinajstić information content (AvgIpc) is 2.03. The zero-order valence-electron chi connectivity index (χ0n) is 5.81. The lowest BCUT2D eigenvalue weighted by Gasteiger charge is -2.20. The van der Waals surface area contributed by atoms with Crippen LogP contribution in [-0.4, -0.2) is 6.04 Å². The molecule has 0 radical (unpaired) electrons. The molecule has 4 heteroatoms.